The van der Waals surface area contributed by atoms with Crippen molar-refractivity contribution in [2.45, 2.75) is 90.6 Å². The molecule has 0 heterocycles. The third-order valence-corrected chi connectivity index (χ3v) is 6.83. The molecule has 0 spiro atoms. The number of methoxy groups -OCH3 is 1. The number of carbonyl (C=O) groups excluding carboxylic acids is 5. The van der Waals surface area contributed by atoms with Gasteiger partial charge in [0, 0.05) is 13.0 Å². The van der Waals surface area contributed by atoms with Crippen molar-refractivity contribution in [3.05, 3.63) is 65.7 Å². The van der Waals surface area contributed by atoms with Crippen molar-refractivity contribution in [2.75, 3.05) is 13.7 Å². The van der Waals surface area contributed by atoms with Crippen LogP contribution in [0.15, 0.2) is 54.6 Å². The van der Waals surface area contributed by atoms with Gasteiger partial charge in [0.25, 0.3) is 0 Å². The fraction of sp³-hybridized carbons (Fsp3) is 0.500. The summed E-state index contributed by atoms with van der Waals surface area (Å²) in [5.74, 6) is -2.28. The second-order valence-electron chi connectivity index (χ2n) is 12.4. The minimum atomic E-state index is -1.16. The lowest BCUT2D eigenvalue weighted by Gasteiger charge is -2.26. The van der Waals surface area contributed by atoms with Gasteiger partial charge in [-0.25, -0.2) is 14.4 Å². The number of nitrogens with one attached hydrogen (secondary N) is 4. The Hall–Kier alpha value is -4.81. The second kappa shape index (κ2) is 19.0. The number of alkyl carbamates (subject to hydrolysis) is 2. The van der Waals surface area contributed by atoms with E-state index in [1.807, 2.05) is 18.2 Å². The number of phenols is 1. The highest BCUT2D eigenvalue weighted by Crippen LogP contribution is 2.13. The summed E-state index contributed by atoms with van der Waals surface area (Å²) in [6, 6.07) is 12.0. The minimum Gasteiger partial charge on any atom is -0.508 e. The first kappa shape index (κ1) is 38.4. The molecular weight excluding hydrogens is 608 g/mol. The Balaban J connectivity index is 2.10. The molecule has 0 aliphatic heterocycles. The van der Waals surface area contributed by atoms with E-state index in [2.05, 4.69) is 21.3 Å². The van der Waals surface area contributed by atoms with Crippen molar-refractivity contribution in [1.82, 2.24) is 21.3 Å². The monoisotopic (exact) mass is 656 g/mol. The van der Waals surface area contributed by atoms with E-state index in [1.165, 1.54) is 19.2 Å². The summed E-state index contributed by atoms with van der Waals surface area (Å²) in [5, 5.41) is 20.3. The van der Waals surface area contributed by atoms with Crippen LogP contribution in [0.3, 0.4) is 0 Å². The van der Waals surface area contributed by atoms with Gasteiger partial charge in [0.1, 0.15) is 36.1 Å². The smallest absolute Gasteiger partial charge is 0.408 e. The van der Waals surface area contributed by atoms with Gasteiger partial charge in [-0.3, -0.25) is 9.59 Å². The highest BCUT2D eigenvalue weighted by Gasteiger charge is 2.31. The third kappa shape index (κ3) is 14.9. The molecule has 3 atom stereocenters. The Morgan fingerprint density at radius 3 is 2.02 bits per heavy atom. The first-order chi connectivity index (χ1) is 22.2. The Morgan fingerprint density at radius 2 is 1.43 bits per heavy atom. The predicted molar refractivity (Wildman–Crippen MR) is 174 cm³/mol. The molecular formula is C34H48N4O9. The molecule has 0 bridgehead atoms. The number of aromatic hydroxyl groups is 1. The van der Waals surface area contributed by atoms with Crippen LogP contribution >= 0.6 is 0 Å². The molecule has 0 fully saturated rings. The molecule has 13 heteroatoms. The molecule has 0 saturated heterocycles. The molecule has 0 aliphatic carbocycles. The van der Waals surface area contributed by atoms with Crippen LogP contribution in [0.4, 0.5) is 9.59 Å². The molecule has 5 N–H and O–H groups in total. The summed E-state index contributed by atoms with van der Waals surface area (Å²) < 4.78 is 15.4. The van der Waals surface area contributed by atoms with Crippen molar-refractivity contribution in [1.29, 1.82) is 0 Å². The fourth-order valence-corrected chi connectivity index (χ4v) is 4.41. The molecule has 2 rings (SSSR count). The molecule has 2 aromatic rings. The number of unbranched alkanes of at least 4 members (excludes halogenated alkanes) is 1. The molecule has 0 unspecified atom stereocenters. The summed E-state index contributed by atoms with van der Waals surface area (Å²) in [6.07, 6.45) is -0.170. The zero-order valence-electron chi connectivity index (χ0n) is 28.0. The normalized spacial score (nSPS) is 13.0. The van der Waals surface area contributed by atoms with Crippen molar-refractivity contribution >= 4 is 30.0 Å². The largest absolute Gasteiger partial charge is 0.508 e. The maximum atomic E-state index is 13.6. The molecule has 4 amide bonds. The molecule has 258 valence electrons. The minimum absolute atomic E-state index is 0.0109. The van der Waals surface area contributed by atoms with Gasteiger partial charge in [-0.05, 0) is 69.2 Å². The summed E-state index contributed by atoms with van der Waals surface area (Å²) in [4.78, 5) is 64.1. The van der Waals surface area contributed by atoms with Crippen molar-refractivity contribution in [3.8, 4) is 5.75 Å². The Labute approximate surface area is 276 Å². The van der Waals surface area contributed by atoms with Gasteiger partial charge in [-0.2, -0.15) is 0 Å². The van der Waals surface area contributed by atoms with Crippen LogP contribution in [0.1, 0.15) is 65.0 Å². The lowest BCUT2D eigenvalue weighted by molar-refractivity contribution is -0.145. The number of ether oxygens (including phenoxy) is 3. The Morgan fingerprint density at radius 1 is 0.787 bits per heavy atom. The number of rotatable bonds is 16. The van der Waals surface area contributed by atoms with Crippen LogP contribution in [0.5, 0.6) is 5.75 Å². The van der Waals surface area contributed by atoms with Gasteiger partial charge in [0.2, 0.25) is 11.8 Å². The van der Waals surface area contributed by atoms with E-state index in [1.54, 1.807) is 58.9 Å². The maximum Gasteiger partial charge on any atom is 0.408 e. The fourth-order valence-electron chi connectivity index (χ4n) is 4.41. The average Bonchev–Trinajstić information content (AvgIpc) is 3.01. The third-order valence-electron chi connectivity index (χ3n) is 6.83. The van der Waals surface area contributed by atoms with E-state index < -0.39 is 53.7 Å². The van der Waals surface area contributed by atoms with Gasteiger partial charge >= 0.3 is 18.2 Å². The number of carbonyl (C=O) groups is 5. The number of hydrogen-bond donors (Lipinski definition) is 5. The van der Waals surface area contributed by atoms with E-state index in [0.29, 0.717) is 24.9 Å². The van der Waals surface area contributed by atoms with Gasteiger partial charge < -0.3 is 40.6 Å². The van der Waals surface area contributed by atoms with E-state index in [0.717, 1.165) is 5.56 Å². The van der Waals surface area contributed by atoms with Gasteiger partial charge in [0.15, 0.2) is 0 Å². The van der Waals surface area contributed by atoms with Crippen LogP contribution in [-0.4, -0.2) is 72.5 Å². The van der Waals surface area contributed by atoms with Crippen LogP contribution in [-0.2, 0) is 41.6 Å². The summed E-state index contributed by atoms with van der Waals surface area (Å²) in [5.41, 5.74) is 0.772. The van der Waals surface area contributed by atoms with Gasteiger partial charge in [0.05, 0.1) is 7.11 Å². The predicted octanol–water partition coefficient (Wildman–Crippen LogP) is 3.72. The van der Waals surface area contributed by atoms with Crippen molar-refractivity contribution < 1.29 is 43.3 Å². The molecule has 13 nitrogen and oxygen atoms in total. The molecule has 0 aliphatic rings. The Bertz CT molecular complexity index is 1310. The van der Waals surface area contributed by atoms with Crippen molar-refractivity contribution in [2.24, 2.45) is 5.92 Å². The maximum absolute atomic E-state index is 13.6. The number of hydrogen-bond acceptors (Lipinski definition) is 9. The molecule has 0 aromatic heterocycles. The van der Waals surface area contributed by atoms with Crippen LogP contribution in [0.25, 0.3) is 0 Å². The van der Waals surface area contributed by atoms with Crippen LogP contribution in [0.2, 0.25) is 0 Å². The van der Waals surface area contributed by atoms with E-state index in [4.69, 9.17) is 14.2 Å². The van der Waals surface area contributed by atoms with E-state index >= 15 is 0 Å². The van der Waals surface area contributed by atoms with E-state index in [9.17, 15) is 29.1 Å². The number of amides is 4. The average molecular weight is 657 g/mol. The SMILES string of the molecule is COC(=O)[C@H](CCCCNC(=O)OC(C)(C)C)NC(=O)[C@H](Cc1ccc(O)cc1)NC(=O)[C@@H](NC(=O)OCc1ccccc1)C(C)C. The number of phenolic OH excluding ortho intramolecular Hbond substituents is 1. The molecule has 0 radical (unpaired) electrons. The zero-order valence-corrected chi connectivity index (χ0v) is 28.0. The standard InChI is InChI=1S/C34H48N4O9/c1-22(2)28(38-33(44)46-21-24-12-8-7-9-13-24)30(41)37-27(20-23-15-17-25(39)18-16-23)29(40)36-26(31(42)45-6)14-10-11-19-35-32(43)47-34(3,4)5/h7-9,12-13,15-18,22,26-28,39H,10-11,14,19-21H2,1-6H3,(H,35,43)(H,36,40)(H,37,41)(H,38,44)/t26-,27-,28-/m0/s1. The molecule has 2 aromatic carbocycles. The van der Waals surface area contributed by atoms with Crippen molar-refractivity contribution in [3.63, 3.8) is 0 Å². The lowest BCUT2D eigenvalue weighted by Crippen LogP contribution is -2.57. The summed E-state index contributed by atoms with van der Waals surface area (Å²) in [6.45, 7) is 9.06. The van der Waals surface area contributed by atoms with E-state index in [-0.39, 0.29) is 31.1 Å². The molecule has 47 heavy (non-hydrogen) atoms. The number of benzene rings is 2. The summed E-state index contributed by atoms with van der Waals surface area (Å²) >= 11 is 0. The molecule has 0 saturated carbocycles. The first-order valence-corrected chi connectivity index (χ1v) is 15.6. The summed E-state index contributed by atoms with van der Waals surface area (Å²) in [7, 11) is 1.21. The van der Waals surface area contributed by atoms with Gasteiger partial charge in [-0.1, -0.05) is 56.3 Å². The quantitative estimate of drug-likeness (QED) is 0.102. The number of esters is 1. The lowest BCUT2D eigenvalue weighted by atomic mass is 10.0. The Kier molecular flexibility index (Phi) is 15.5. The highest BCUT2D eigenvalue weighted by atomic mass is 16.6. The van der Waals surface area contributed by atoms with Crippen LogP contribution in [0, 0.1) is 5.92 Å². The second-order valence-corrected chi connectivity index (χ2v) is 12.4. The first-order valence-electron chi connectivity index (χ1n) is 15.6. The van der Waals surface area contributed by atoms with Gasteiger partial charge in [-0.15, -0.1) is 0 Å². The zero-order chi connectivity index (χ0) is 35.0. The van der Waals surface area contributed by atoms with Crippen LogP contribution < -0.4 is 21.3 Å². The highest BCUT2D eigenvalue weighted by molar-refractivity contribution is 5.93. The topological polar surface area (TPSA) is 181 Å².